The average molecular weight is 495 g/mol. The first-order valence-corrected chi connectivity index (χ1v) is 12.4. The lowest BCUT2D eigenvalue weighted by atomic mass is 10.0. The Hall–Kier alpha value is -3.07. The molecule has 2 atom stereocenters. The van der Waals surface area contributed by atoms with Crippen LogP contribution in [0.4, 0.5) is 5.82 Å². The van der Waals surface area contributed by atoms with Crippen LogP contribution in [0.1, 0.15) is 22.3 Å². The fourth-order valence-electron chi connectivity index (χ4n) is 4.08. The van der Waals surface area contributed by atoms with Crippen LogP contribution in [0.2, 0.25) is 5.02 Å². The quantitative estimate of drug-likeness (QED) is 0.291. The molecule has 174 valence electrons. The molecule has 0 aliphatic carbocycles. The van der Waals surface area contributed by atoms with E-state index in [1.165, 1.54) is 6.33 Å². The smallest absolute Gasteiger partial charge is 0.196 e. The number of nitrogens with one attached hydrogen (secondary N) is 2. The summed E-state index contributed by atoms with van der Waals surface area (Å²) in [5.74, 6) is 3.03. The topological polar surface area (TPSA) is 100 Å². The number of aromatic amines is 1. The number of hydrogen-bond acceptors (Lipinski definition) is 7. The summed E-state index contributed by atoms with van der Waals surface area (Å²) >= 11 is 8.28. The van der Waals surface area contributed by atoms with Crippen molar-refractivity contribution in [2.45, 2.75) is 11.7 Å². The first-order chi connectivity index (χ1) is 16.6. The Morgan fingerprint density at radius 2 is 2.03 bits per heavy atom. The third kappa shape index (κ3) is 4.75. The number of carbonyl (C=O) groups excluding carboxylic acids is 1. The van der Waals surface area contributed by atoms with Crippen LogP contribution in [0.25, 0.3) is 11.0 Å². The van der Waals surface area contributed by atoms with Gasteiger partial charge in [0.1, 0.15) is 29.3 Å². The largest absolute Gasteiger partial charge is 0.457 e. The maximum absolute atomic E-state index is 13.4. The van der Waals surface area contributed by atoms with Crippen molar-refractivity contribution in [2.75, 3.05) is 24.2 Å². The predicted molar refractivity (Wildman–Crippen MR) is 135 cm³/mol. The first-order valence-electron chi connectivity index (χ1n) is 11.0. The first kappa shape index (κ1) is 22.7. The molecule has 2 aromatic carbocycles. The molecule has 1 aliphatic rings. The maximum Gasteiger partial charge on any atom is 0.196 e. The number of halogens is 1. The number of benzene rings is 2. The third-order valence-corrected chi connectivity index (χ3v) is 7.59. The molecule has 0 spiro atoms. The van der Waals surface area contributed by atoms with Crippen molar-refractivity contribution in [2.24, 2.45) is 5.92 Å². The second-order valence-electron chi connectivity index (χ2n) is 8.15. The molecule has 0 radical (unpaired) electrons. The standard InChI is InChI=1S/C25H23ClN4O3S/c26-21-9-17(33-16-4-2-1-3-5-16)6-7-19(21)23(32)20-11-28-25-22(20)24(29-14-30-25)27-10-15-8-18(12-31)34-13-15/h1-7,9,11,14-15,18,31H,8,10,12-13H2,(H2,27,28,29,30). The van der Waals surface area contributed by atoms with Gasteiger partial charge < -0.3 is 20.1 Å². The number of H-pyrrole nitrogens is 1. The van der Waals surface area contributed by atoms with E-state index in [1.54, 1.807) is 36.2 Å². The predicted octanol–water partition coefficient (Wildman–Crippen LogP) is 5.16. The number of para-hydroxylation sites is 1. The van der Waals surface area contributed by atoms with E-state index in [2.05, 4.69) is 20.3 Å². The SMILES string of the molecule is O=C(c1ccc(Oc2ccccc2)cc1Cl)c1c[nH]c2ncnc(NCC3CSC(CO)C3)c12. The number of anilines is 1. The lowest BCUT2D eigenvalue weighted by Gasteiger charge is -2.12. The molecule has 5 rings (SSSR count). The van der Waals surface area contributed by atoms with Crippen LogP contribution in [-0.2, 0) is 0 Å². The Kier molecular flexibility index (Phi) is 6.71. The molecule has 4 aromatic rings. The minimum absolute atomic E-state index is 0.200. The van der Waals surface area contributed by atoms with Crippen molar-refractivity contribution in [3.8, 4) is 11.5 Å². The average Bonchev–Trinajstić information content (AvgIpc) is 3.50. The van der Waals surface area contributed by atoms with E-state index < -0.39 is 0 Å². The van der Waals surface area contributed by atoms with Crippen molar-refractivity contribution in [3.05, 3.63) is 77.2 Å². The molecule has 0 saturated carbocycles. The van der Waals surface area contributed by atoms with Crippen LogP contribution in [0.3, 0.4) is 0 Å². The number of rotatable bonds is 8. The fraction of sp³-hybridized carbons (Fsp3) is 0.240. The summed E-state index contributed by atoms with van der Waals surface area (Å²) in [7, 11) is 0. The Morgan fingerprint density at radius 1 is 1.18 bits per heavy atom. The van der Waals surface area contributed by atoms with Crippen molar-refractivity contribution in [1.29, 1.82) is 0 Å². The zero-order valence-electron chi connectivity index (χ0n) is 18.2. The van der Waals surface area contributed by atoms with Gasteiger partial charge in [0.05, 0.1) is 22.6 Å². The van der Waals surface area contributed by atoms with E-state index >= 15 is 0 Å². The minimum atomic E-state index is -0.225. The van der Waals surface area contributed by atoms with Crippen molar-refractivity contribution in [3.63, 3.8) is 0 Å². The highest BCUT2D eigenvalue weighted by Gasteiger charge is 2.25. The summed E-state index contributed by atoms with van der Waals surface area (Å²) in [6.07, 6.45) is 4.07. The number of fused-ring (bicyclic) bond motifs is 1. The summed E-state index contributed by atoms with van der Waals surface area (Å²) in [5, 5.41) is 14.0. The molecular formula is C25H23ClN4O3S. The second-order valence-corrected chi connectivity index (χ2v) is 9.90. The highest BCUT2D eigenvalue weighted by atomic mass is 35.5. The number of aliphatic hydroxyl groups is 1. The highest BCUT2D eigenvalue weighted by molar-refractivity contribution is 8.00. The second kappa shape index (κ2) is 10.0. The molecule has 34 heavy (non-hydrogen) atoms. The number of ketones is 1. The monoisotopic (exact) mass is 494 g/mol. The molecule has 3 N–H and O–H groups in total. The lowest BCUT2D eigenvalue weighted by molar-refractivity contribution is 0.104. The van der Waals surface area contributed by atoms with Crippen LogP contribution < -0.4 is 10.1 Å². The zero-order chi connectivity index (χ0) is 23.5. The molecule has 2 unspecified atom stereocenters. The van der Waals surface area contributed by atoms with Crippen LogP contribution >= 0.6 is 23.4 Å². The van der Waals surface area contributed by atoms with E-state index in [-0.39, 0.29) is 17.6 Å². The molecule has 1 fully saturated rings. The molecule has 7 nitrogen and oxygen atoms in total. The Morgan fingerprint density at radius 3 is 2.79 bits per heavy atom. The molecule has 0 bridgehead atoms. The fourth-order valence-corrected chi connectivity index (χ4v) is 5.65. The number of carbonyl (C=O) groups is 1. The molecule has 1 saturated heterocycles. The van der Waals surface area contributed by atoms with E-state index in [4.69, 9.17) is 16.3 Å². The molecule has 2 aromatic heterocycles. The number of hydrogen-bond donors (Lipinski definition) is 3. The number of aliphatic hydroxyl groups excluding tert-OH is 1. The van der Waals surface area contributed by atoms with E-state index in [9.17, 15) is 9.90 Å². The molecule has 1 aliphatic heterocycles. The summed E-state index contributed by atoms with van der Waals surface area (Å²) in [4.78, 5) is 25.2. The van der Waals surface area contributed by atoms with Gasteiger partial charge in [-0.3, -0.25) is 4.79 Å². The van der Waals surface area contributed by atoms with E-state index in [0.29, 0.717) is 57.0 Å². The van der Waals surface area contributed by atoms with Crippen LogP contribution in [0, 0.1) is 5.92 Å². The summed E-state index contributed by atoms with van der Waals surface area (Å²) in [6, 6.07) is 14.4. The summed E-state index contributed by atoms with van der Waals surface area (Å²) in [5.41, 5.74) is 1.40. The van der Waals surface area contributed by atoms with Gasteiger partial charge in [-0.15, -0.1) is 0 Å². The highest BCUT2D eigenvalue weighted by Crippen LogP contribution is 2.33. The van der Waals surface area contributed by atoms with Gasteiger partial charge in [0.2, 0.25) is 0 Å². The molecule has 9 heteroatoms. The van der Waals surface area contributed by atoms with Gasteiger partial charge >= 0.3 is 0 Å². The van der Waals surface area contributed by atoms with Gasteiger partial charge in [0.25, 0.3) is 0 Å². The van der Waals surface area contributed by atoms with Crippen LogP contribution in [0.15, 0.2) is 61.1 Å². The van der Waals surface area contributed by atoms with Crippen LogP contribution in [0.5, 0.6) is 11.5 Å². The molecular weight excluding hydrogens is 472 g/mol. The lowest BCUT2D eigenvalue weighted by Crippen LogP contribution is -2.16. The number of aromatic nitrogens is 3. The van der Waals surface area contributed by atoms with Crippen molar-refractivity contribution < 1.29 is 14.6 Å². The van der Waals surface area contributed by atoms with Crippen molar-refractivity contribution in [1.82, 2.24) is 15.0 Å². The minimum Gasteiger partial charge on any atom is -0.457 e. The van der Waals surface area contributed by atoms with E-state index in [1.807, 2.05) is 30.3 Å². The Balaban J connectivity index is 1.38. The number of ether oxygens (including phenoxy) is 1. The van der Waals surface area contributed by atoms with Crippen molar-refractivity contribution >= 4 is 46.0 Å². The Bertz CT molecular complexity index is 1310. The normalized spacial score (nSPS) is 17.7. The zero-order valence-corrected chi connectivity index (χ0v) is 19.8. The molecule has 0 amide bonds. The van der Waals surface area contributed by atoms with Gasteiger partial charge in [-0.25, -0.2) is 9.97 Å². The summed E-state index contributed by atoms with van der Waals surface area (Å²) < 4.78 is 5.82. The van der Waals surface area contributed by atoms with Gasteiger partial charge in [0, 0.05) is 29.6 Å². The molecule has 3 heterocycles. The number of nitrogens with zero attached hydrogens (tertiary/aromatic N) is 2. The van der Waals surface area contributed by atoms with Crippen LogP contribution in [-0.4, -0.2) is 50.0 Å². The Labute approximate surface area is 205 Å². The van der Waals surface area contributed by atoms with Gasteiger partial charge in [-0.2, -0.15) is 11.8 Å². The summed E-state index contributed by atoms with van der Waals surface area (Å²) in [6.45, 7) is 0.909. The van der Waals surface area contributed by atoms with Gasteiger partial charge in [-0.1, -0.05) is 29.8 Å². The van der Waals surface area contributed by atoms with Gasteiger partial charge in [0.15, 0.2) is 5.78 Å². The maximum atomic E-state index is 13.4. The number of thioether (sulfide) groups is 1. The third-order valence-electron chi connectivity index (χ3n) is 5.80. The van der Waals surface area contributed by atoms with E-state index in [0.717, 1.165) is 12.2 Å². The van der Waals surface area contributed by atoms with Gasteiger partial charge in [-0.05, 0) is 42.4 Å².